The van der Waals surface area contributed by atoms with Crippen molar-refractivity contribution in [1.82, 2.24) is 10.2 Å². The fraction of sp³-hybridized carbons (Fsp3) is 0.562. The van der Waals surface area contributed by atoms with Crippen molar-refractivity contribution in [2.45, 2.75) is 6.42 Å². The third-order valence-corrected chi connectivity index (χ3v) is 3.68. The fourth-order valence-electron chi connectivity index (χ4n) is 2.32. The summed E-state index contributed by atoms with van der Waals surface area (Å²) >= 11 is 0. The van der Waals surface area contributed by atoms with Gasteiger partial charge >= 0.3 is 0 Å². The second kappa shape index (κ2) is 9.27. The van der Waals surface area contributed by atoms with E-state index in [1.807, 2.05) is 12.1 Å². The van der Waals surface area contributed by atoms with Crippen LogP contribution in [0.25, 0.3) is 0 Å². The number of guanidine groups is 1. The van der Waals surface area contributed by atoms with Crippen molar-refractivity contribution in [3.05, 3.63) is 29.8 Å². The van der Waals surface area contributed by atoms with Crippen molar-refractivity contribution in [2.24, 2.45) is 10.7 Å². The molecule has 0 unspecified atom stereocenters. The summed E-state index contributed by atoms with van der Waals surface area (Å²) in [6.45, 7) is 6.05. The van der Waals surface area contributed by atoms with Crippen LogP contribution in [-0.2, 0) is 11.2 Å². The predicted octanol–water partition coefficient (Wildman–Crippen LogP) is 0.474. The molecule has 1 aromatic rings. The molecular weight excluding hydrogens is 280 g/mol. The molecule has 1 aromatic carbocycles. The van der Waals surface area contributed by atoms with E-state index in [2.05, 4.69) is 27.3 Å². The summed E-state index contributed by atoms with van der Waals surface area (Å²) in [5.74, 6) is 1.39. The Hall–Kier alpha value is -1.79. The Morgan fingerprint density at radius 1 is 1.32 bits per heavy atom. The molecule has 1 fully saturated rings. The van der Waals surface area contributed by atoms with Gasteiger partial charge in [-0.2, -0.15) is 0 Å². The zero-order valence-corrected chi connectivity index (χ0v) is 13.3. The number of ether oxygens (including phenoxy) is 2. The van der Waals surface area contributed by atoms with Gasteiger partial charge in [-0.15, -0.1) is 0 Å². The molecular formula is C16H26N4O2. The third kappa shape index (κ3) is 5.91. The van der Waals surface area contributed by atoms with Crippen molar-refractivity contribution in [1.29, 1.82) is 0 Å². The molecule has 0 saturated carbocycles. The number of nitrogens with one attached hydrogen (secondary N) is 1. The lowest BCUT2D eigenvalue weighted by Gasteiger charge is -2.25. The first-order valence-electron chi connectivity index (χ1n) is 7.75. The lowest BCUT2D eigenvalue weighted by atomic mass is 10.1. The van der Waals surface area contributed by atoms with E-state index >= 15 is 0 Å². The van der Waals surface area contributed by atoms with Crippen molar-refractivity contribution in [3.63, 3.8) is 0 Å². The van der Waals surface area contributed by atoms with E-state index in [1.165, 1.54) is 5.56 Å². The van der Waals surface area contributed by atoms with Gasteiger partial charge in [0.2, 0.25) is 0 Å². The largest absolute Gasteiger partial charge is 0.497 e. The van der Waals surface area contributed by atoms with Crippen LogP contribution in [0.15, 0.2) is 29.3 Å². The lowest BCUT2D eigenvalue weighted by molar-refractivity contribution is 0.0394. The minimum atomic E-state index is 0.516. The van der Waals surface area contributed by atoms with Gasteiger partial charge in [0.1, 0.15) is 5.75 Å². The van der Waals surface area contributed by atoms with Crippen LogP contribution in [0.3, 0.4) is 0 Å². The maximum absolute atomic E-state index is 5.87. The quantitative estimate of drug-likeness (QED) is 0.566. The standard InChI is InChI=1S/C16H26N4O2/c1-21-15-4-2-14(3-5-15)6-7-18-16(17)19-8-9-20-10-12-22-13-11-20/h2-5H,6-13H2,1H3,(H3,17,18,19). The second-order valence-corrected chi connectivity index (χ2v) is 5.25. The van der Waals surface area contributed by atoms with Crippen molar-refractivity contribution in [2.75, 3.05) is 53.0 Å². The van der Waals surface area contributed by atoms with Gasteiger partial charge in [0.05, 0.1) is 26.9 Å². The molecule has 6 nitrogen and oxygen atoms in total. The first kappa shape index (κ1) is 16.6. The van der Waals surface area contributed by atoms with Crippen molar-refractivity contribution in [3.8, 4) is 5.75 Å². The van der Waals surface area contributed by atoms with Crippen LogP contribution in [-0.4, -0.2) is 63.9 Å². The summed E-state index contributed by atoms with van der Waals surface area (Å²) in [7, 11) is 1.67. The van der Waals surface area contributed by atoms with E-state index in [0.717, 1.165) is 58.1 Å². The van der Waals surface area contributed by atoms with Crippen LogP contribution in [0.1, 0.15) is 5.56 Å². The molecule has 0 radical (unpaired) electrons. The molecule has 1 heterocycles. The van der Waals surface area contributed by atoms with Gasteiger partial charge in [-0.05, 0) is 24.1 Å². The number of nitrogens with two attached hydrogens (primary N) is 1. The van der Waals surface area contributed by atoms with Gasteiger partial charge in [0.15, 0.2) is 5.96 Å². The topological polar surface area (TPSA) is 72.1 Å². The summed E-state index contributed by atoms with van der Waals surface area (Å²) in [6.07, 6.45) is 0.906. The number of morpholine rings is 1. The third-order valence-electron chi connectivity index (χ3n) is 3.68. The highest BCUT2D eigenvalue weighted by Gasteiger charge is 2.08. The average molecular weight is 306 g/mol. The van der Waals surface area contributed by atoms with E-state index in [1.54, 1.807) is 7.11 Å². The summed E-state index contributed by atoms with van der Waals surface area (Å²) < 4.78 is 10.5. The van der Waals surface area contributed by atoms with Crippen LogP contribution in [0.5, 0.6) is 5.75 Å². The number of aliphatic imine (C=N–C) groups is 1. The highest BCUT2D eigenvalue weighted by atomic mass is 16.5. The van der Waals surface area contributed by atoms with Gasteiger partial charge in [0, 0.05) is 26.2 Å². The number of benzene rings is 1. The molecule has 0 aliphatic carbocycles. The summed E-state index contributed by atoms with van der Waals surface area (Å²) in [6, 6.07) is 8.06. The maximum Gasteiger partial charge on any atom is 0.188 e. The van der Waals surface area contributed by atoms with Crippen molar-refractivity contribution < 1.29 is 9.47 Å². The zero-order valence-electron chi connectivity index (χ0n) is 13.3. The number of rotatable bonds is 7. The molecule has 3 N–H and O–H groups in total. The number of methoxy groups -OCH3 is 1. The minimum absolute atomic E-state index is 0.516. The van der Waals surface area contributed by atoms with Crippen molar-refractivity contribution >= 4 is 5.96 Å². The van der Waals surface area contributed by atoms with E-state index < -0.39 is 0 Å². The molecule has 0 atom stereocenters. The molecule has 0 spiro atoms. The molecule has 6 heteroatoms. The van der Waals surface area contributed by atoms with E-state index in [4.69, 9.17) is 15.2 Å². The Morgan fingerprint density at radius 3 is 2.73 bits per heavy atom. The number of hydrogen-bond donors (Lipinski definition) is 2. The van der Waals surface area contributed by atoms with Crippen LogP contribution in [0.4, 0.5) is 0 Å². The Labute approximate surface area is 132 Å². The highest BCUT2D eigenvalue weighted by Crippen LogP contribution is 2.11. The maximum atomic E-state index is 5.87. The molecule has 0 aromatic heterocycles. The molecule has 1 aliphatic rings. The Kier molecular flexibility index (Phi) is 6.99. The lowest BCUT2D eigenvalue weighted by Crippen LogP contribution is -2.38. The molecule has 122 valence electrons. The first-order chi connectivity index (χ1) is 10.8. The van der Waals surface area contributed by atoms with E-state index in [0.29, 0.717) is 5.96 Å². The summed E-state index contributed by atoms with van der Waals surface area (Å²) in [4.78, 5) is 6.70. The van der Waals surface area contributed by atoms with Crippen LogP contribution < -0.4 is 15.8 Å². The Balaban J connectivity index is 1.61. The predicted molar refractivity (Wildman–Crippen MR) is 88.4 cm³/mol. The SMILES string of the molecule is COc1ccc(CCNC(N)=NCCN2CCOCC2)cc1. The minimum Gasteiger partial charge on any atom is -0.497 e. The molecule has 22 heavy (non-hydrogen) atoms. The van der Waals surface area contributed by atoms with Crippen LogP contribution >= 0.6 is 0 Å². The monoisotopic (exact) mass is 306 g/mol. The molecule has 2 rings (SSSR count). The van der Waals surface area contributed by atoms with Gasteiger partial charge < -0.3 is 20.5 Å². The molecule has 1 aliphatic heterocycles. The number of hydrogen-bond acceptors (Lipinski definition) is 4. The highest BCUT2D eigenvalue weighted by molar-refractivity contribution is 5.77. The first-order valence-corrected chi connectivity index (χ1v) is 7.75. The van der Waals surface area contributed by atoms with Gasteiger partial charge in [0.25, 0.3) is 0 Å². The van der Waals surface area contributed by atoms with Gasteiger partial charge in [-0.3, -0.25) is 9.89 Å². The zero-order chi connectivity index (χ0) is 15.6. The second-order valence-electron chi connectivity index (χ2n) is 5.25. The number of nitrogens with zero attached hydrogens (tertiary/aromatic N) is 2. The summed E-state index contributed by atoms with van der Waals surface area (Å²) in [5.41, 5.74) is 7.12. The Bertz CT molecular complexity index is 456. The van der Waals surface area contributed by atoms with Gasteiger partial charge in [-0.1, -0.05) is 12.1 Å². The smallest absolute Gasteiger partial charge is 0.188 e. The normalized spacial score (nSPS) is 16.5. The van der Waals surface area contributed by atoms with Gasteiger partial charge in [-0.25, -0.2) is 0 Å². The fourth-order valence-corrected chi connectivity index (χ4v) is 2.32. The van der Waals surface area contributed by atoms with E-state index in [9.17, 15) is 0 Å². The molecule has 0 bridgehead atoms. The van der Waals surface area contributed by atoms with Crippen LogP contribution in [0.2, 0.25) is 0 Å². The average Bonchev–Trinajstić information content (AvgIpc) is 2.56. The molecule has 0 amide bonds. The molecule has 1 saturated heterocycles. The Morgan fingerprint density at radius 2 is 2.05 bits per heavy atom. The summed E-state index contributed by atoms with van der Waals surface area (Å²) in [5, 5.41) is 3.15. The van der Waals surface area contributed by atoms with E-state index in [-0.39, 0.29) is 0 Å². The van der Waals surface area contributed by atoms with Crippen LogP contribution in [0, 0.1) is 0 Å².